The van der Waals surface area contributed by atoms with Crippen molar-refractivity contribution in [1.82, 2.24) is 0 Å². The zero-order valence-corrected chi connectivity index (χ0v) is 8.36. The van der Waals surface area contributed by atoms with E-state index in [0.717, 1.165) is 5.57 Å². The van der Waals surface area contributed by atoms with Crippen molar-refractivity contribution in [2.45, 2.75) is 26.4 Å². The number of alkyl halides is 3. The van der Waals surface area contributed by atoms with E-state index in [1.165, 1.54) is 0 Å². The van der Waals surface area contributed by atoms with E-state index in [0.29, 0.717) is 0 Å². The molecule has 0 saturated heterocycles. The Morgan fingerprint density at radius 1 is 1.43 bits per heavy atom. The smallest absolute Gasteiger partial charge is 0.396 e. The number of hydrogen-bond acceptors (Lipinski definition) is 1. The molecule has 0 fully saturated rings. The number of hydrogen-bond donors (Lipinski definition) is 1. The average Bonchev–Trinajstić information content (AvgIpc) is 2.03. The lowest BCUT2D eigenvalue weighted by atomic mass is 9.96. The maximum Gasteiger partial charge on any atom is 0.412 e. The first-order chi connectivity index (χ1) is 6.29. The lowest BCUT2D eigenvalue weighted by molar-refractivity contribution is -0.100. The van der Waals surface area contributed by atoms with E-state index in [1.807, 2.05) is 0 Å². The van der Waals surface area contributed by atoms with Gasteiger partial charge in [0, 0.05) is 11.5 Å². The van der Waals surface area contributed by atoms with Crippen LogP contribution in [-0.4, -0.2) is 17.9 Å². The topological polar surface area (TPSA) is 20.2 Å². The van der Waals surface area contributed by atoms with Crippen molar-refractivity contribution in [3.8, 4) is 0 Å². The van der Waals surface area contributed by atoms with E-state index in [1.54, 1.807) is 19.9 Å². The molecule has 1 unspecified atom stereocenters. The molecular formula is C10H15F3O. The van der Waals surface area contributed by atoms with Crippen LogP contribution in [-0.2, 0) is 0 Å². The highest BCUT2D eigenvalue weighted by Crippen LogP contribution is 2.31. The molecule has 0 heterocycles. The second-order valence-corrected chi connectivity index (χ2v) is 3.42. The van der Waals surface area contributed by atoms with Crippen LogP contribution in [0.25, 0.3) is 0 Å². The molecule has 1 N–H and O–H groups in total. The second-order valence-electron chi connectivity index (χ2n) is 3.42. The summed E-state index contributed by atoms with van der Waals surface area (Å²) in [6.07, 6.45) is -2.57. The molecule has 0 aromatic heterocycles. The standard InChI is InChI=1S/C10H15F3O/c1-7(2)4-5-9(6-14)8(3)10(11,12)13/h4,9,14H,3,5-6H2,1-2H3. The van der Waals surface area contributed by atoms with Gasteiger partial charge < -0.3 is 5.11 Å². The lowest BCUT2D eigenvalue weighted by Gasteiger charge is -2.18. The Bertz CT molecular complexity index is 224. The molecule has 0 aromatic carbocycles. The van der Waals surface area contributed by atoms with Crippen molar-refractivity contribution in [3.63, 3.8) is 0 Å². The van der Waals surface area contributed by atoms with Gasteiger partial charge in [-0.05, 0) is 20.3 Å². The van der Waals surface area contributed by atoms with E-state index < -0.39 is 24.3 Å². The third-order valence-corrected chi connectivity index (χ3v) is 1.89. The fraction of sp³-hybridized carbons (Fsp3) is 0.600. The normalized spacial score (nSPS) is 13.6. The summed E-state index contributed by atoms with van der Waals surface area (Å²) in [5.41, 5.74) is 0.0657. The first kappa shape index (κ1) is 13.2. The first-order valence-corrected chi connectivity index (χ1v) is 4.29. The molecule has 0 amide bonds. The van der Waals surface area contributed by atoms with Crippen molar-refractivity contribution in [2.24, 2.45) is 5.92 Å². The summed E-state index contributed by atoms with van der Waals surface area (Å²) in [5.74, 6) is -0.926. The highest BCUT2D eigenvalue weighted by molar-refractivity contribution is 5.10. The molecule has 82 valence electrons. The van der Waals surface area contributed by atoms with Gasteiger partial charge in [0.1, 0.15) is 0 Å². The van der Waals surface area contributed by atoms with E-state index >= 15 is 0 Å². The molecular weight excluding hydrogens is 193 g/mol. The van der Waals surface area contributed by atoms with Gasteiger partial charge in [-0.2, -0.15) is 13.2 Å². The molecule has 0 saturated carbocycles. The van der Waals surface area contributed by atoms with Crippen molar-refractivity contribution in [1.29, 1.82) is 0 Å². The summed E-state index contributed by atoms with van der Waals surface area (Å²) >= 11 is 0. The average molecular weight is 208 g/mol. The van der Waals surface area contributed by atoms with Gasteiger partial charge in [-0.15, -0.1) is 0 Å². The maximum atomic E-state index is 12.2. The van der Waals surface area contributed by atoms with Gasteiger partial charge in [0.05, 0.1) is 6.61 Å². The molecule has 0 aromatic rings. The molecule has 0 bridgehead atoms. The number of allylic oxidation sites excluding steroid dienone is 2. The Labute approximate surface area is 81.9 Å². The van der Waals surface area contributed by atoms with Crippen LogP contribution in [0, 0.1) is 5.92 Å². The Balaban J connectivity index is 4.43. The lowest BCUT2D eigenvalue weighted by Crippen LogP contribution is -2.21. The second kappa shape index (κ2) is 5.20. The molecule has 0 aliphatic heterocycles. The van der Waals surface area contributed by atoms with E-state index in [2.05, 4.69) is 6.58 Å². The Kier molecular flexibility index (Phi) is 4.91. The Hall–Kier alpha value is -0.770. The van der Waals surface area contributed by atoms with Crippen molar-refractivity contribution in [3.05, 3.63) is 23.8 Å². The number of rotatable bonds is 4. The van der Waals surface area contributed by atoms with E-state index in [9.17, 15) is 13.2 Å². The molecule has 0 aliphatic rings. The SMILES string of the molecule is C=C(C(CO)CC=C(C)C)C(F)(F)F. The Morgan fingerprint density at radius 2 is 1.93 bits per heavy atom. The van der Waals surface area contributed by atoms with Crippen LogP contribution in [0.4, 0.5) is 13.2 Å². The summed E-state index contributed by atoms with van der Waals surface area (Å²) in [5, 5.41) is 8.78. The molecule has 0 rings (SSSR count). The number of halogens is 3. The van der Waals surface area contributed by atoms with Crippen LogP contribution in [0.2, 0.25) is 0 Å². The van der Waals surface area contributed by atoms with Gasteiger partial charge in [0.15, 0.2) is 0 Å². The van der Waals surface area contributed by atoms with E-state index in [4.69, 9.17) is 5.11 Å². The molecule has 4 heteroatoms. The van der Waals surface area contributed by atoms with Gasteiger partial charge >= 0.3 is 6.18 Å². The van der Waals surface area contributed by atoms with Crippen molar-refractivity contribution < 1.29 is 18.3 Å². The fourth-order valence-corrected chi connectivity index (χ4v) is 0.936. The summed E-state index contributed by atoms with van der Waals surface area (Å²) < 4.78 is 36.5. The minimum atomic E-state index is -4.41. The molecule has 0 radical (unpaired) electrons. The van der Waals surface area contributed by atoms with Gasteiger partial charge in [-0.3, -0.25) is 0 Å². The van der Waals surface area contributed by atoms with Crippen molar-refractivity contribution in [2.75, 3.05) is 6.61 Å². The number of aliphatic hydroxyl groups excluding tert-OH is 1. The quantitative estimate of drug-likeness (QED) is 0.704. The van der Waals surface area contributed by atoms with Crippen LogP contribution < -0.4 is 0 Å². The van der Waals surface area contributed by atoms with Crippen molar-refractivity contribution >= 4 is 0 Å². The largest absolute Gasteiger partial charge is 0.412 e. The third-order valence-electron chi connectivity index (χ3n) is 1.89. The van der Waals surface area contributed by atoms with E-state index in [-0.39, 0.29) is 6.42 Å². The monoisotopic (exact) mass is 208 g/mol. The highest BCUT2D eigenvalue weighted by atomic mass is 19.4. The molecule has 1 nitrogen and oxygen atoms in total. The maximum absolute atomic E-state index is 12.2. The highest BCUT2D eigenvalue weighted by Gasteiger charge is 2.36. The summed E-state index contributed by atoms with van der Waals surface area (Å²) in [6, 6.07) is 0. The molecule has 1 atom stereocenters. The predicted octanol–water partition coefficient (Wildman–Crippen LogP) is 3.07. The van der Waals surface area contributed by atoms with Gasteiger partial charge in [0.25, 0.3) is 0 Å². The van der Waals surface area contributed by atoms with Gasteiger partial charge in [-0.1, -0.05) is 18.2 Å². The molecule has 0 spiro atoms. The van der Waals surface area contributed by atoms with Crippen LogP contribution in [0.5, 0.6) is 0 Å². The van der Waals surface area contributed by atoms with Crippen LogP contribution in [0.3, 0.4) is 0 Å². The third kappa shape index (κ3) is 4.46. The van der Waals surface area contributed by atoms with Gasteiger partial charge in [0.2, 0.25) is 0 Å². The summed E-state index contributed by atoms with van der Waals surface area (Å²) in [6.45, 7) is 6.03. The zero-order chi connectivity index (χ0) is 11.4. The minimum absolute atomic E-state index is 0.178. The predicted molar refractivity (Wildman–Crippen MR) is 49.8 cm³/mol. The zero-order valence-electron chi connectivity index (χ0n) is 8.36. The van der Waals surface area contributed by atoms with Crippen LogP contribution in [0.15, 0.2) is 23.8 Å². The van der Waals surface area contributed by atoms with Crippen LogP contribution >= 0.6 is 0 Å². The van der Waals surface area contributed by atoms with Gasteiger partial charge in [-0.25, -0.2) is 0 Å². The number of aliphatic hydroxyl groups is 1. The molecule has 0 aliphatic carbocycles. The summed E-state index contributed by atoms with van der Waals surface area (Å²) in [4.78, 5) is 0. The molecule has 14 heavy (non-hydrogen) atoms. The Morgan fingerprint density at radius 3 is 2.21 bits per heavy atom. The fourth-order valence-electron chi connectivity index (χ4n) is 0.936. The first-order valence-electron chi connectivity index (χ1n) is 4.29. The summed E-state index contributed by atoms with van der Waals surface area (Å²) in [7, 11) is 0. The van der Waals surface area contributed by atoms with Crippen LogP contribution in [0.1, 0.15) is 20.3 Å². The minimum Gasteiger partial charge on any atom is -0.396 e.